The third-order valence-corrected chi connectivity index (χ3v) is 5.68. The largest absolute Gasteiger partial charge is 0.373 e. The zero-order chi connectivity index (χ0) is 17.9. The summed E-state index contributed by atoms with van der Waals surface area (Å²) in [5, 5.41) is 8.87. The molecule has 0 radical (unpaired) electrons. The van der Waals surface area contributed by atoms with Crippen molar-refractivity contribution in [3.63, 3.8) is 0 Å². The van der Waals surface area contributed by atoms with E-state index in [0.29, 0.717) is 18.0 Å². The lowest BCUT2D eigenvalue weighted by Crippen LogP contribution is -2.51. The number of rotatable bonds is 5. The molecule has 140 valence electrons. The van der Waals surface area contributed by atoms with Crippen molar-refractivity contribution in [1.29, 1.82) is 0 Å². The van der Waals surface area contributed by atoms with E-state index in [1.807, 2.05) is 5.38 Å². The fourth-order valence-electron chi connectivity index (χ4n) is 3.65. The van der Waals surface area contributed by atoms with Crippen molar-refractivity contribution in [3.8, 4) is 0 Å². The average Bonchev–Trinajstić information content (AvgIpc) is 3.01. The summed E-state index contributed by atoms with van der Waals surface area (Å²) in [6.07, 6.45) is 1.83. The van der Waals surface area contributed by atoms with Gasteiger partial charge in [0.15, 0.2) is 5.13 Å². The van der Waals surface area contributed by atoms with Crippen LogP contribution < -0.4 is 10.6 Å². The number of methoxy groups -OCH3 is 1. The van der Waals surface area contributed by atoms with Gasteiger partial charge < -0.3 is 14.8 Å². The van der Waals surface area contributed by atoms with Crippen LogP contribution in [-0.4, -0.2) is 66.9 Å². The van der Waals surface area contributed by atoms with Crippen LogP contribution in [0.25, 0.3) is 0 Å². The zero-order valence-corrected chi connectivity index (χ0v) is 16.0. The van der Waals surface area contributed by atoms with Crippen molar-refractivity contribution in [3.05, 3.63) is 11.1 Å². The normalized spacial score (nSPS) is 27.2. The molecular formula is C17H28N4O3S. The van der Waals surface area contributed by atoms with Gasteiger partial charge >= 0.3 is 0 Å². The molecule has 0 spiro atoms. The highest BCUT2D eigenvalue weighted by Gasteiger charge is 2.40. The first-order valence-corrected chi connectivity index (χ1v) is 9.78. The second-order valence-electron chi connectivity index (χ2n) is 7.00. The average molecular weight is 369 g/mol. The van der Waals surface area contributed by atoms with Crippen molar-refractivity contribution < 1.29 is 14.3 Å². The maximum absolute atomic E-state index is 12.7. The van der Waals surface area contributed by atoms with Crippen LogP contribution in [0.3, 0.4) is 0 Å². The first-order valence-electron chi connectivity index (χ1n) is 8.90. The van der Waals surface area contributed by atoms with E-state index >= 15 is 0 Å². The second kappa shape index (κ2) is 8.09. The highest BCUT2D eigenvalue weighted by molar-refractivity contribution is 7.13. The Morgan fingerprint density at radius 1 is 1.44 bits per heavy atom. The summed E-state index contributed by atoms with van der Waals surface area (Å²) in [6, 6.07) is 0. The number of anilines is 1. The number of nitrogens with one attached hydrogen (secondary N) is 2. The Morgan fingerprint density at radius 3 is 2.76 bits per heavy atom. The van der Waals surface area contributed by atoms with Crippen LogP contribution in [0.5, 0.6) is 0 Å². The first-order chi connectivity index (χ1) is 12.0. The van der Waals surface area contributed by atoms with E-state index in [1.54, 1.807) is 7.11 Å². The van der Waals surface area contributed by atoms with Crippen LogP contribution in [0.15, 0.2) is 5.38 Å². The van der Waals surface area contributed by atoms with Crippen LogP contribution in [0.4, 0.5) is 5.13 Å². The lowest BCUT2D eigenvalue weighted by molar-refractivity contribution is -0.140. The van der Waals surface area contributed by atoms with E-state index in [1.165, 1.54) is 11.3 Å². The second-order valence-corrected chi connectivity index (χ2v) is 7.86. The van der Waals surface area contributed by atoms with Gasteiger partial charge in [0.2, 0.25) is 0 Å². The Labute approximate surface area is 153 Å². The smallest absolute Gasteiger partial charge is 0.258 e. The van der Waals surface area contributed by atoms with Gasteiger partial charge in [-0.3, -0.25) is 15.0 Å². The molecule has 0 aliphatic carbocycles. The number of amides is 1. The van der Waals surface area contributed by atoms with E-state index in [-0.39, 0.29) is 18.1 Å². The fraction of sp³-hybridized carbons (Fsp3) is 0.765. The van der Waals surface area contributed by atoms with Gasteiger partial charge in [0, 0.05) is 32.1 Å². The van der Waals surface area contributed by atoms with Gasteiger partial charge in [-0.05, 0) is 39.8 Å². The molecule has 3 heterocycles. The number of piperidine rings is 1. The predicted octanol–water partition coefficient (Wildman–Crippen LogP) is 1.46. The molecule has 0 saturated carbocycles. The van der Waals surface area contributed by atoms with Crippen molar-refractivity contribution in [2.75, 3.05) is 38.6 Å². The minimum Gasteiger partial charge on any atom is -0.373 e. The molecule has 0 aromatic carbocycles. The van der Waals surface area contributed by atoms with Gasteiger partial charge in [0.1, 0.15) is 5.60 Å². The number of nitrogens with zero attached hydrogens (tertiary/aromatic N) is 2. The Balaban J connectivity index is 1.58. The van der Waals surface area contributed by atoms with Crippen molar-refractivity contribution >= 4 is 22.4 Å². The topological polar surface area (TPSA) is 75.7 Å². The summed E-state index contributed by atoms with van der Waals surface area (Å²) in [7, 11) is 1.61. The summed E-state index contributed by atoms with van der Waals surface area (Å²) >= 11 is 1.47. The highest BCUT2D eigenvalue weighted by atomic mass is 32.1. The number of thiazole rings is 1. The van der Waals surface area contributed by atoms with Gasteiger partial charge in [-0.25, -0.2) is 4.98 Å². The maximum Gasteiger partial charge on any atom is 0.258 e. The summed E-state index contributed by atoms with van der Waals surface area (Å²) < 4.78 is 11.3. The van der Waals surface area contributed by atoms with E-state index in [9.17, 15) is 4.79 Å². The number of aromatic nitrogens is 1. The van der Waals surface area contributed by atoms with Gasteiger partial charge in [-0.15, -0.1) is 11.3 Å². The number of carbonyl (C=O) groups is 1. The molecule has 2 unspecified atom stereocenters. The first kappa shape index (κ1) is 18.7. The van der Waals surface area contributed by atoms with Crippen LogP contribution in [0.2, 0.25) is 0 Å². The number of carbonyl (C=O) groups excluding carboxylic acids is 1. The summed E-state index contributed by atoms with van der Waals surface area (Å²) in [4.78, 5) is 19.6. The quantitative estimate of drug-likeness (QED) is 0.820. The van der Waals surface area contributed by atoms with E-state index in [4.69, 9.17) is 9.47 Å². The Hall–Kier alpha value is -1.06. The highest BCUT2D eigenvalue weighted by Crippen LogP contribution is 2.26. The Bertz CT molecular complexity index is 578. The molecule has 1 amide bonds. The molecule has 2 fully saturated rings. The van der Waals surface area contributed by atoms with E-state index in [2.05, 4.69) is 34.4 Å². The minimum atomic E-state index is -0.744. The molecule has 2 N–H and O–H groups in total. The van der Waals surface area contributed by atoms with Crippen LogP contribution in [0.1, 0.15) is 32.4 Å². The van der Waals surface area contributed by atoms with Crippen molar-refractivity contribution in [2.45, 2.75) is 51.0 Å². The SMILES string of the molecule is COC1(C(=O)Nc2nc(CN3CC(C)OC(C)C3)cs2)CCNCC1. The third kappa shape index (κ3) is 4.57. The monoisotopic (exact) mass is 368 g/mol. The van der Waals surface area contributed by atoms with E-state index < -0.39 is 5.60 Å². The number of morpholine rings is 1. The maximum atomic E-state index is 12.7. The lowest BCUT2D eigenvalue weighted by atomic mass is 9.91. The van der Waals surface area contributed by atoms with Crippen molar-refractivity contribution in [2.24, 2.45) is 0 Å². The van der Waals surface area contributed by atoms with Gasteiger partial charge in [-0.2, -0.15) is 0 Å². The molecule has 0 bridgehead atoms. The van der Waals surface area contributed by atoms with Crippen LogP contribution in [0, 0.1) is 0 Å². The number of hydrogen-bond donors (Lipinski definition) is 2. The van der Waals surface area contributed by atoms with Gasteiger partial charge in [-0.1, -0.05) is 0 Å². The number of ether oxygens (including phenoxy) is 2. The molecule has 2 saturated heterocycles. The predicted molar refractivity (Wildman–Crippen MR) is 97.9 cm³/mol. The number of hydrogen-bond acceptors (Lipinski definition) is 7. The van der Waals surface area contributed by atoms with E-state index in [0.717, 1.165) is 38.4 Å². The third-order valence-electron chi connectivity index (χ3n) is 4.87. The molecular weight excluding hydrogens is 340 g/mol. The van der Waals surface area contributed by atoms with Gasteiger partial charge in [0.25, 0.3) is 5.91 Å². The lowest BCUT2D eigenvalue weighted by Gasteiger charge is -2.34. The Morgan fingerprint density at radius 2 is 2.12 bits per heavy atom. The summed E-state index contributed by atoms with van der Waals surface area (Å²) in [5.41, 5.74) is 0.241. The molecule has 2 aliphatic rings. The van der Waals surface area contributed by atoms with Gasteiger partial charge in [0.05, 0.1) is 17.9 Å². The molecule has 2 aliphatic heterocycles. The molecule has 25 heavy (non-hydrogen) atoms. The zero-order valence-electron chi connectivity index (χ0n) is 15.2. The van der Waals surface area contributed by atoms with Crippen molar-refractivity contribution in [1.82, 2.24) is 15.2 Å². The summed E-state index contributed by atoms with van der Waals surface area (Å²) in [5.74, 6) is -0.0917. The van der Waals surface area contributed by atoms with Crippen LogP contribution >= 0.6 is 11.3 Å². The molecule has 1 aromatic heterocycles. The molecule has 3 rings (SSSR count). The van der Waals surface area contributed by atoms with Crippen LogP contribution in [-0.2, 0) is 20.8 Å². The Kier molecular flexibility index (Phi) is 6.06. The standard InChI is InChI=1S/C17H28N4O3S/c1-12-8-21(9-13(2)24-12)10-14-11-25-16(19-14)20-15(22)17(23-3)4-6-18-7-5-17/h11-13,18H,4-10H2,1-3H3,(H,19,20,22). The molecule has 2 atom stereocenters. The molecule has 1 aromatic rings. The molecule has 7 nitrogen and oxygen atoms in total. The minimum absolute atomic E-state index is 0.0917. The molecule has 8 heteroatoms. The fourth-order valence-corrected chi connectivity index (χ4v) is 4.34. The summed E-state index contributed by atoms with van der Waals surface area (Å²) in [6.45, 7) is 8.36.